The molecule has 10 heavy (non-hydrogen) atoms. The molecule has 1 aromatic rings. The topological polar surface area (TPSA) is 48.1 Å². The minimum absolute atomic E-state index is 0.0173. The molecule has 3 nitrogen and oxygen atoms in total. The number of nitrogens with zero attached hydrogens (tertiary/aromatic N) is 1. The third-order valence-electron chi connectivity index (χ3n) is 1.60. The Kier molecular flexibility index (Phi) is 1.11. The van der Waals surface area contributed by atoms with Crippen molar-refractivity contribution in [3.63, 3.8) is 0 Å². The summed E-state index contributed by atoms with van der Waals surface area (Å²) in [6.45, 7) is 0.562. The SMILES string of the molecule is N[C@H]1COc2ncccc21. The largest absolute Gasteiger partial charge is 0.475 e. The van der Waals surface area contributed by atoms with E-state index in [1.165, 1.54) is 0 Å². The van der Waals surface area contributed by atoms with Gasteiger partial charge in [-0.1, -0.05) is 6.07 Å². The molecule has 1 atom stereocenters. The standard InChI is InChI=1S/C7H8N2O/c8-6-4-10-7-5(6)2-1-3-9-7/h1-3,6H,4,8H2/t6-/m0/s1. The molecule has 3 heteroatoms. The van der Waals surface area contributed by atoms with Gasteiger partial charge in [0, 0.05) is 11.8 Å². The third kappa shape index (κ3) is 0.675. The van der Waals surface area contributed by atoms with Gasteiger partial charge in [-0.3, -0.25) is 0 Å². The maximum absolute atomic E-state index is 5.68. The number of hydrogen-bond acceptors (Lipinski definition) is 3. The van der Waals surface area contributed by atoms with Gasteiger partial charge >= 0.3 is 0 Å². The molecule has 0 fully saturated rings. The summed E-state index contributed by atoms with van der Waals surface area (Å²) in [5.41, 5.74) is 6.70. The summed E-state index contributed by atoms with van der Waals surface area (Å²) in [7, 11) is 0. The molecule has 0 bridgehead atoms. The molecule has 0 radical (unpaired) electrons. The van der Waals surface area contributed by atoms with Gasteiger partial charge in [-0.2, -0.15) is 0 Å². The van der Waals surface area contributed by atoms with Crippen molar-refractivity contribution in [1.29, 1.82) is 0 Å². The Bertz CT molecular complexity index is 249. The first kappa shape index (κ1) is 5.68. The van der Waals surface area contributed by atoms with Crippen molar-refractivity contribution in [2.75, 3.05) is 6.61 Å². The van der Waals surface area contributed by atoms with Crippen LogP contribution in [0.5, 0.6) is 5.88 Å². The van der Waals surface area contributed by atoms with Gasteiger partial charge in [-0.15, -0.1) is 0 Å². The second kappa shape index (κ2) is 1.95. The fraction of sp³-hybridized carbons (Fsp3) is 0.286. The van der Waals surface area contributed by atoms with Crippen LogP contribution in [0.3, 0.4) is 0 Å². The molecule has 1 aromatic heterocycles. The molecule has 2 heterocycles. The van der Waals surface area contributed by atoms with Crippen LogP contribution in [0.1, 0.15) is 11.6 Å². The van der Waals surface area contributed by atoms with Gasteiger partial charge in [0.2, 0.25) is 5.88 Å². The van der Waals surface area contributed by atoms with Crippen molar-refractivity contribution in [1.82, 2.24) is 4.98 Å². The van der Waals surface area contributed by atoms with Crippen LogP contribution in [0.15, 0.2) is 18.3 Å². The van der Waals surface area contributed by atoms with Gasteiger partial charge in [0.1, 0.15) is 6.61 Å². The van der Waals surface area contributed by atoms with Crippen molar-refractivity contribution in [3.05, 3.63) is 23.9 Å². The smallest absolute Gasteiger partial charge is 0.218 e. The van der Waals surface area contributed by atoms with E-state index in [9.17, 15) is 0 Å². The molecule has 0 aromatic carbocycles. The normalized spacial score (nSPS) is 21.9. The highest BCUT2D eigenvalue weighted by Gasteiger charge is 2.20. The first-order valence-electron chi connectivity index (χ1n) is 3.21. The number of hydrogen-bond donors (Lipinski definition) is 1. The van der Waals surface area contributed by atoms with Gasteiger partial charge in [0.05, 0.1) is 6.04 Å². The Morgan fingerprint density at radius 2 is 2.60 bits per heavy atom. The lowest BCUT2D eigenvalue weighted by atomic mass is 10.2. The number of aromatic nitrogens is 1. The van der Waals surface area contributed by atoms with Crippen LogP contribution in [0.2, 0.25) is 0 Å². The van der Waals surface area contributed by atoms with E-state index in [1.807, 2.05) is 12.1 Å². The van der Waals surface area contributed by atoms with E-state index < -0.39 is 0 Å². The average molecular weight is 136 g/mol. The van der Waals surface area contributed by atoms with Gasteiger partial charge in [-0.05, 0) is 6.07 Å². The van der Waals surface area contributed by atoms with Crippen molar-refractivity contribution in [3.8, 4) is 5.88 Å². The number of ether oxygens (including phenoxy) is 1. The number of pyridine rings is 1. The molecule has 2 rings (SSSR count). The molecule has 1 aliphatic rings. The lowest BCUT2D eigenvalue weighted by molar-refractivity contribution is 0.323. The first-order valence-corrected chi connectivity index (χ1v) is 3.21. The van der Waals surface area contributed by atoms with Crippen LogP contribution in [-0.2, 0) is 0 Å². The minimum Gasteiger partial charge on any atom is -0.475 e. The number of fused-ring (bicyclic) bond motifs is 1. The van der Waals surface area contributed by atoms with Crippen molar-refractivity contribution < 1.29 is 4.74 Å². The average Bonchev–Trinajstić information content (AvgIpc) is 2.34. The summed E-state index contributed by atoms with van der Waals surface area (Å²) in [6, 6.07) is 3.83. The fourth-order valence-electron chi connectivity index (χ4n) is 1.06. The zero-order valence-electron chi connectivity index (χ0n) is 5.45. The van der Waals surface area contributed by atoms with Gasteiger partial charge in [-0.25, -0.2) is 4.98 Å². The van der Waals surface area contributed by atoms with E-state index in [2.05, 4.69) is 4.98 Å². The molecule has 0 aliphatic carbocycles. The summed E-state index contributed by atoms with van der Waals surface area (Å²) in [4.78, 5) is 4.01. The molecule has 0 saturated carbocycles. The highest BCUT2D eigenvalue weighted by atomic mass is 16.5. The van der Waals surface area contributed by atoms with E-state index >= 15 is 0 Å². The Balaban J connectivity index is 2.51. The maximum Gasteiger partial charge on any atom is 0.218 e. The van der Waals surface area contributed by atoms with Crippen molar-refractivity contribution in [2.24, 2.45) is 5.73 Å². The van der Waals surface area contributed by atoms with Gasteiger partial charge < -0.3 is 10.5 Å². The lowest BCUT2D eigenvalue weighted by Crippen LogP contribution is -2.10. The molecular weight excluding hydrogens is 128 g/mol. The molecule has 1 aliphatic heterocycles. The molecule has 0 saturated heterocycles. The van der Waals surface area contributed by atoms with E-state index in [0.29, 0.717) is 12.5 Å². The fourth-order valence-corrected chi connectivity index (χ4v) is 1.06. The zero-order chi connectivity index (χ0) is 6.97. The van der Waals surface area contributed by atoms with E-state index in [1.54, 1.807) is 6.20 Å². The Morgan fingerprint density at radius 1 is 1.70 bits per heavy atom. The highest BCUT2D eigenvalue weighted by molar-refractivity contribution is 5.32. The van der Waals surface area contributed by atoms with Crippen LogP contribution in [0, 0.1) is 0 Å². The maximum atomic E-state index is 5.68. The monoisotopic (exact) mass is 136 g/mol. The van der Waals surface area contributed by atoms with E-state index in [-0.39, 0.29) is 6.04 Å². The van der Waals surface area contributed by atoms with Gasteiger partial charge in [0.25, 0.3) is 0 Å². The first-order chi connectivity index (χ1) is 4.88. The van der Waals surface area contributed by atoms with Crippen LogP contribution in [0.4, 0.5) is 0 Å². The van der Waals surface area contributed by atoms with Crippen LogP contribution in [-0.4, -0.2) is 11.6 Å². The number of nitrogens with two attached hydrogens (primary N) is 1. The van der Waals surface area contributed by atoms with Crippen molar-refractivity contribution >= 4 is 0 Å². The molecule has 0 amide bonds. The Morgan fingerprint density at radius 3 is 3.40 bits per heavy atom. The Hall–Kier alpha value is -1.09. The van der Waals surface area contributed by atoms with Crippen LogP contribution in [0.25, 0.3) is 0 Å². The molecule has 0 spiro atoms. The quantitative estimate of drug-likeness (QED) is 0.564. The van der Waals surface area contributed by atoms with Crippen LogP contribution >= 0.6 is 0 Å². The molecular formula is C7H8N2O. The summed E-state index contributed by atoms with van der Waals surface area (Å²) >= 11 is 0. The van der Waals surface area contributed by atoms with Gasteiger partial charge in [0.15, 0.2) is 0 Å². The van der Waals surface area contributed by atoms with E-state index in [0.717, 1.165) is 5.56 Å². The van der Waals surface area contributed by atoms with Crippen molar-refractivity contribution in [2.45, 2.75) is 6.04 Å². The zero-order valence-corrected chi connectivity index (χ0v) is 5.45. The molecule has 2 N–H and O–H groups in total. The highest BCUT2D eigenvalue weighted by Crippen LogP contribution is 2.26. The summed E-state index contributed by atoms with van der Waals surface area (Å²) in [5.74, 6) is 0.690. The van der Waals surface area contributed by atoms with E-state index in [4.69, 9.17) is 10.5 Å². The predicted octanol–water partition coefficient (Wildman–Crippen LogP) is 0.474. The summed E-state index contributed by atoms with van der Waals surface area (Å²) < 4.78 is 5.17. The number of rotatable bonds is 0. The minimum atomic E-state index is 0.0173. The second-order valence-electron chi connectivity index (χ2n) is 2.32. The van der Waals surface area contributed by atoms with Crippen LogP contribution < -0.4 is 10.5 Å². The lowest BCUT2D eigenvalue weighted by Gasteiger charge is -1.96. The molecule has 52 valence electrons. The Labute approximate surface area is 58.8 Å². The third-order valence-corrected chi connectivity index (χ3v) is 1.60. The summed E-state index contributed by atoms with van der Waals surface area (Å²) in [5, 5.41) is 0. The predicted molar refractivity (Wildman–Crippen MR) is 36.7 cm³/mol. The summed E-state index contributed by atoms with van der Waals surface area (Å²) in [6.07, 6.45) is 1.71. The molecule has 0 unspecified atom stereocenters. The second-order valence-corrected chi connectivity index (χ2v) is 2.32.